The van der Waals surface area contributed by atoms with Gasteiger partial charge in [-0.25, -0.2) is 9.48 Å². The molecule has 2 amide bonds. The number of benzene rings is 1. The highest BCUT2D eigenvalue weighted by Crippen LogP contribution is 2.32. The molecular formula is C25H32F3N5O7. The number of piperidine rings is 1. The number of β-amino-alcohol motifs (C(OH)–C–C–N with tert-alkyl or cyclic N) is 1. The molecule has 0 saturated carbocycles. The van der Waals surface area contributed by atoms with Crippen molar-refractivity contribution in [2.75, 3.05) is 32.1 Å². The van der Waals surface area contributed by atoms with E-state index in [4.69, 9.17) is 14.6 Å². The number of alkyl halides is 3. The molecule has 1 aromatic heterocycles. The molecule has 0 bridgehead atoms. The summed E-state index contributed by atoms with van der Waals surface area (Å²) in [4.78, 5) is 37.3. The van der Waals surface area contributed by atoms with Crippen LogP contribution in [0.25, 0.3) is 0 Å². The highest BCUT2D eigenvalue weighted by atomic mass is 19.4. The van der Waals surface area contributed by atoms with Crippen molar-refractivity contribution in [3.05, 3.63) is 51.9 Å². The van der Waals surface area contributed by atoms with Gasteiger partial charge in [0.2, 0.25) is 5.91 Å². The zero-order valence-electron chi connectivity index (χ0n) is 22.1. The lowest BCUT2D eigenvalue weighted by molar-refractivity contribution is -0.138. The van der Waals surface area contributed by atoms with Crippen LogP contribution in [-0.4, -0.2) is 88.0 Å². The molecule has 40 heavy (non-hydrogen) atoms. The van der Waals surface area contributed by atoms with Gasteiger partial charge < -0.3 is 35.2 Å². The predicted molar refractivity (Wildman–Crippen MR) is 136 cm³/mol. The quantitative estimate of drug-likeness (QED) is 0.334. The monoisotopic (exact) mass is 571 g/mol. The summed E-state index contributed by atoms with van der Waals surface area (Å²) in [6.45, 7) is 2.57. The summed E-state index contributed by atoms with van der Waals surface area (Å²) >= 11 is 0. The number of ether oxygens (including phenoxy) is 2. The van der Waals surface area contributed by atoms with Crippen molar-refractivity contribution < 1.29 is 42.4 Å². The molecule has 220 valence electrons. The second-order valence-electron chi connectivity index (χ2n) is 9.46. The lowest BCUT2D eigenvalue weighted by Crippen LogP contribution is -2.56. The minimum absolute atomic E-state index is 0.141. The van der Waals surface area contributed by atoms with Crippen molar-refractivity contribution in [2.24, 2.45) is 0 Å². The van der Waals surface area contributed by atoms with Gasteiger partial charge in [-0.05, 0) is 38.0 Å². The summed E-state index contributed by atoms with van der Waals surface area (Å²) in [5.41, 5.74) is -2.69. The molecule has 3 rings (SSSR count). The number of carbonyl (C=O) groups is 2. The summed E-state index contributed by atoms with van der Waals surface area (Å²) in [7, 11) is 1.48. The summed E-state index contributed by atoms with van der Waals surface area (Å²) in [5.74, 6) is -0.0138. The summed E-state index contributed by atoms with van der Waals surface area (Å²) in [6.07, 6.45) is -7.12. The summed E-state index contributed by atoms with van der Waals surface area (Å²) in [6, 6.07) is 5.04. The fourth-order valence-corrected chi connectivity index (χ4v) is 4.13. The van der Waals surface area contributed by atoms with E-state index in [9.17, 15) is 32.7 Å². The van der Waals surface area contributed by atoms with Gasteiger partial charge in [-0.3, -0.25) is 9.59 Å². The maximum Gasteiger partial charge on any atom is 0.423 e. The molecule has 0 aliphatic carbocycles. The maximum absolute atomic E-state index is 13.9. The third-order valence-electron chi connectivity index (χ3n) is 6.37. The molecule has 12 nitrogen and oxygen atoms in total. The first kappa shape index (κ1) is 30.7. The Hall–Kier alpha value is -3.85. The minimum atomic E-state index is -4.96. The number of anilines is 1. The van der Waals surface area contributed by atoms with E-state index in [1.165, 1.54) is 21.0 Å². The number of rotatable bonds is 10. The highest BCUT2D eigenvalue weighted by Gasteiger charge is 2.38. The number of aliphatic hydroxyl groups is 1. The average molecular weight is 572 g/mol. The SMILES string of the molecule is COc1ccc(Cn2ncc(N[C@@H](C)COC(C)C(=O)NC3CCN(C(=O)O)CC3O)c(C(F)(F)F)c2=O)cc1. The Morgan fingerprint density at radius 2 is 1.90 bits per heavy atom. The lowest BCUT2D eigenvalue weighted by atomic mass is 10.0. The normalized spacial score (nSPS) is 19.0. The molecule has 3 unspecified atom stereocenters. The molecule has 4 N–H and O–H groups in total. The number of aliphatic hydroxyl groups excluding tert-OH is 1. The van der Waals surface area contributed by atoms with Gasteiger partial charge in [-0.2, -0.15) is 18.3 Å². The van der Waals surface area contributed by atoms with Gasteiger partial charge >= 0.3 is 12.3 Å². The molecule has 4 atom stereocenters. The smallest absolute Gasteiger partial charge is 0.423 e. The molecule has 0 radical (unpaired) electrons. The largest absolute Gasteiger partial charge is 0.497 e. The number of nitrogens with one attached hydrogen (secondary N) is 2. The van der Waals surface area contributed by atoms with E-state index in [-0.39, 0.29) is 32.7 Å². The van der Waals surface area contributed by atoms with Crippen LogP contribution in [0.5, 0.6) is 5.75 Å². The zero-order valence-corrected chi connectivity index (χ0v) is 22.1. The maximum atomic E-state index is 13.9. The number of methoxy groups -OCH3 is 1. The van der Waals surface area contributed by atoms with Crippen LogP contribution < -0.4 is 20.9 Å². The number of hydrogen-bond acceptors (Lipinski definition) is 8. The Morgan fingerprint density at radius 1 is 1.23 bits per heavy atom. The van der Waals surface area contributed by atoms with Gasteiger partial charge in [0.05, 0.1) is 50.8 Å². The fourth-order valence-electron chi connectivity index (χ4n) is 4.13. The van der Waals surface area contributed by atoms with E-state index < -0.39 is 59.3 Å². The van der Waals surface area contributed by atoms with Gasteiger partial charge in [0, 0.05) is 12.6 Å². The third kappa shape index (κ3) is 7.85. The van der Waals surface area contributed by atoms with Gasteiger partial charge in [-0.15, -0.1) is 0 Å². The molecule has 1 aliphatic heterocycles. The molecule has 2 aromatic rings. The van der Waals surface area contributed by atoms with Gasteiger partial charge in [0.15, 0.2) is 0 Å². The number of carboxylic acid groups (broad SMARTS) is 1. The fraction of sp³-hybridized carbons (Fsp3) is 0.520. The standard InChI is InChI=1S/C25H32F3N5O7/c1-14(13-40-15(2)22(35)31-18-8-9-32(24(37)38)12-20(18)34)30-19-10-29-33(23(36)21(19)25(26,27)28)11-16-4-6-17(39-3)7-5-16/h4-7,10,14-15,18,20,30,34H,8-9,11-13H2,1-3H3,(H,31,35)(H,37,38)/t14-,15?,18?,20?/m0/s1. The van der Waals surface area contributed by atoms with Crippen molar-refractivity contribution >= 4 is 17.7 Å². The van der Waals surface area contributed by atoms with E-state index in [1.54, 1.807) is 24.3 Å². The van der Waals surface area contributed by atoms with Crippen molar-refractivity contribution in [1.82, 2.24) is 20.0 Å². The van der Waals surface area contributed by atoms with Crippen LogP contribution in [0.3, 0.4) is 0 Å². The number of amides is 2. The molecule has 2 heterocycles. The minimum Gasteiger partial charge on any atom is -0.497 e. The highest BCUT2D eigenvalue weighted by molar-refractivity contribution is 5.80. The van der Waals surface area contributed by atoms with Crippen LogP contribution in [0, 0.1) is 0 Å². The summed E-state index contributed by atoms with van der Waals surface area (Å²) in [5, 5.41) is 28.3. The van der Waals surface area contributed by atoms with Crippen LogP contribution in [-0.2, 0) is 22.3 Å². The number of halogens is 3. The Labute approximate surface area is 227 Å². The third-order valence-corrected chi connectivity index (χ3v) is 6.37. The Morgan fingerprint density at radius 3 is 2.48 bits per heavy atom. The number of carbonyl (C=O) groups excluding carboxylic acids is 1. The van der Waals surface area contributed by atoms with E-state index in [2.05, 4.69) is 15.7 Å². The zero-order chi connectivity index (χ0) is 29.6. The van der Waals surface area contributed by atoms with Crippen LogP contribution >= 0.6 is 0 Å². The number of hydrogen-bond donors (Lipinski definition) is 4. The van der Waals surface area contributed by atoms with Crippen LogP contribution in [0.15, 0.2) is 35.3 Å². The second kappa shape index (κ2) is 13.0. The Bertz CT molecular complexity index is 1240. The summed E-state index contributed by atoms with van der Waals surface area (Å²) < 4.78 is 52.9. The van der Waals surface area contributed by atoms with Crippen LogP contribution in [0.4, 0.5) is 23.7 Å². The Balaban J connectivity index is 1.61. The molecule has 15 heteroatoms. The molecular weight excluding hydrogens is 539 g/mol. The first-order valence-corrected chi connectivity index (χ1v) is 12.4. The topological polar surface area (TPSA) is 155 Å². The Kier molecular flexibility index (Phi) is 9.98. The van der Waals surface area contributed by atoms with Gasteiger partial charge in [0.1, 0.15) is 17.4 Å². The van der Waals surface area contributed by atoms with Gasteiger partial charge in [-0.1, -0.05) is 12.1 Å². The van der Waals surface area contributed by atoms with Crippen LogP contribution in [0.2, 0.25) is 0 Å². The predicted octanol–water partition coefficient (Wildman–Crippen LogP) is 1.75. The number of nitrogens with zero attached hydrogens (tertiary/aromatic N) is 3. The van der Waals surface area contributed by atoms with E-state index >= 15 is 0 Å². The number of likely N-dealkylation sites (tertiary alicyclic amines) is 1. The average Bonchev–Trinajstić information content (AvgIpc) is 2.89. The molecule has 0 spiro atoms. The van der Waals surface area contributed by atoms with Crippen molar-refractivity contribution in [1.29, 1.82) is 0 Å². The lowest BCUT2D eigenvalue weighted by Gasteiger charge is -2.35. The molecule has 1 saturated heterocycles. The van der Waals surface area contributed by atoms with Crippen LogP contribution in [0.1, 0.15) is 31.4 Å². The molecule has 1 fully saturated rings. The second-order valence-corrected chi connectivity index (χ2v) is 9.46. The first-order chi connectivity index (χ1) is 18.8. The molecule has 1 aliphatic rings. The molecule has 1 aromatic carbocycles. The van der Waals surface area contributed by atoms with Crippen molar-refractivity contribution in [3.63, 3.8) is 0 Å². The van der Waals surface area contributed by atoms with E-state index in [0.717, 1.165) is 15.8 Å². The number of aromatic nitrogens is 2. The van der Waals surface area contributed by atoms with Crippen molar-refractivity contribution in [2.45, 2.75) is 57.3 Å². The van der Waals surface area contributed by atoms with E-state index in [1.807, 2.05) is 0 Å². The van der Waals surface area contributed by atoms with Gasteiger partial charge in [0.25, 0.3) is 5.56 Å². The first-order valence-electron chi connectivity index (χ1n) is 12.4. The van der Waals surface area contributed by atoms with Crippen molar-refractivity contribution in [3.8, 4) is 5.75 Å². The van der Waals surface area contributed by atoms with E-state index in [0.29, 0.717) is 11.3 Å².